The van der Waals surface area contributed by atoms with E-state index in [2.05, 4.69) is 36.4 Å². The van der Waals surface area contributed by atoms with Crippen molar-refractivity contribution in [1.82, 2.24) is 0 Å². The number of rotatable bonds is 0. The van der Waals surface area contributed by atoms with Crippen LogP contribution in [0.15, 0.2) is 97.1 Å². The van der Waals surface area contributed by atoms with Crippen molar-refractivity contribution >= 4 is 27.5 Å². The Balaban J connectivity index is 1.68. The maximum absolute atomic E-state index is 13.0. The Morgan fingerprint density at radius 3 is 1.74 bits per heavy atom. The van der Waals surface area contributed by atoms with E-state index in [0.717, 1.165) is 49.7 Å². The molecule has 146 valence electrons. The maximum atomic E-state index is 13.0. The van der Waals surface area contributed by atoms with Crippen molar-refractivity contribution < 1.29 is 14.3 Å². The number of carbonyl (C=O) groups is 1. The van der Waals surface area contributed by atoms with Gasteiger partial charge in [-0.15, -0.1) is 0 Å². The maximum Gasteiger partial charge on any atom is 0.340 e. The minimum atomic E-state index is -1.04. The van der Waals surface area contributed by atoms with Gasteiger partial charge in [0.2, 0.25) is 0 Å². The van der Waals surface area contributed by atoms with E-state index in [0.29, 0.717) is 5.56 Å². The van der Waals surface area contributed by atoms with Crippen LogP contribution in [0.2, 0.25) is 0 Å². The lowest BCUT2D eigenvalue weighted by Crippen LogP contribution is -2.33. The van der Waals surface area contributed by atoms with Gasteiger partial charge in [0.25, 0.3) is 0 Å². The van der Waals surface area contributed by atoms with Crippen LogP contribution < -0.4 is 4.74 Å². The van der Waals surface area contributed by atoms with E-state index in [4.69, 9.17) is 9.47 Å². The van der Waals surface area contributed by atoms with Gasteiger partial charge in [0.15, 0.2) is 5.60 Å². The third-order valence-electron chi connectivity index (χ3n) is 6.49. The van der Waals surface area contributed by atoms with E-state index in [9.17, 15) is 4.79 Å². The molecule has 0 atom stereocenters. The van der Waals surface area contributed by atoms with Gasteiger partial charge in [0.1, 0.15) is 11.5 Å². The Hall–Kier alpha value is -4.11. The summed E-state index contributed by atoms with van der Waals surface area (Å²) in [5, 5.41) is 4.16. The van der Waals surface area contributed by atoms with Crippen molar-refractivity contribution in [3.05, 3.63) is 119 Å². The second kappa shape index (κ2) is 5.73. The van der Waals surface area contributed by atoms with Crippen LogP contribution in [-0.4, -0.2) is 5.97 Å². The first kappa shape index (κ1) is 16.7. The summed E-state index contributed by atoms with van der Waals surface area (Å²) in [5.41, 5.74) is 2.13. The van der Waals surface area contributed by atoms with E-state index in [1.54, 1.807) is 0 Å². The highest BCUT2D eigenvalue weighted by atomic mass is 16.6. The fraction of sp³-hybridized carbons (Fsp3) is 0.0357. The van der Waals surface area contributed by atoms with Crippen LogP contribution in [0.3, 0.4) is 0 Å². The number of ether oxygens (including phenoxy) is 2. The smallest absolute Gasteiger partial charge is 0.340 e. The molecule has 0 unspecified atom stereocenters. The molecule has 1 spiro atoms. The third-order valence-corrected chi connectivity index (χ3v) is 6.49. The fourth-order valence-electron chi connectivity index (χ4n) is 5.12. The summed E-state index contributed by atoms with van der Waals surface area (Å²) >= 11 is 0. The Morgan fingerprint density at radius 1 is 0.548 bits per heavy atom. The predicted molar refractivity (Wildman–Crippen MR) is 120 cm³/mol. The van der Waals surface area contributed by atoms with E-state index >= 15 is 0 Å². The monoisotopic (exact) mass is 400 g/mol. The van der Waals surface area contributed by atoms with Crippen LogP contribution in [0.5, 0.6) is 11.5 Å². The lowest BCUT2D eigenvalue weighted by Gasteiger charge is -2.37. The molecule has 3 heteroatoms. The highest BCUT2D eigenvalue weighted by Gasteiger charge is 2.53. The van der Waals surface area contributed by atoms with Crippen LogP contribution in [0.1, 0.15) is 27.0 Å². The molecule has 0 N–H and O–H groups in total. The molecule has 0 saturated heterocycles. The Bertz CT molecular complexity index is 1480. The Labute approximate surface area is 178 Å². The first-order valence-electron chi connectivity index (χ1n) is 10.3. The van der Waals surface area contributed by atoms with Gasteiger partial charge in [0.05, 0.1) is 5.56 Å². The molecule has 3 nitrogen and oxygen atoms in total. The van der Waals surface area contributed by atoms with Crippen molar-refractivity contribution in [2.45, 2.75) is 5.60 Å². The summed E-state index contributed by atoms with van der Waals surface area (Å²) in [6, 6.07) is 32.2. The molecule has 2 heterocycles. The normalized spacial score (nSPS) is 15.3. The molecule has 5 aromatic carbocycles. The largest absolute Gasteiger partial charge is 0.455 e. The number of esters is 1. The number of fused-ring (bicyclic) bond motifs is 10. The molecule has 0 saturated carbocycles. The topological polar surface area (TPSA) is 35.5 Å². The molecule has 5 aromatic rings. The highest BCUT2D eigenvalue weighted by molar-refractivity contribution is 6.01. The molecular formula is C28H16O3. The summed E-state index contributed by atoms with van der Waals surface area (Å²) < 4.78 is 12.9. The van der Waals surface area contributed by atoms with E-state index in [-0.39, 0.29) is 5.97 Å². The van der Waals surface area contributed by atoms with Crippen LogP contribution in [0.25, 0.3) is 21.5 Å². The van der Waals surface area contributed by atoms with Crippen molar-refractivity contribution in [1.29, 1.82) is 0 Å². The van der Waals surface area contributed by atoms with Crippen LogP contribution in [0, 0.1) is 0 Å². The molecule has 0 bridgehead atoms. The van der Waals surface area contributed by atoms with Crippen molar-refractivity contribution in [3.8, 4) is 11.5 Å². The second-order valence-electron chi connectivity index (χ2n) is 8.05. The van der Waals surface area contributed by atoms with Gasteiger partial charge in [-0.3, -0.25) is 0 Å². The Morgan fingerprint density at radius 2 is 1.10 bits per heavy atom. The van der Waals surface area contributed by atoms with Gasteiger partial charge in [0, 0.05) is 27.5 Å². The lowest BCUT2D eigenvalue weighted by atomic mass is 9.76. The molecule has 0 amide bonds. The molecule has 2 aliphatic rings. The highest BCUT2D eigenvalue weighted by Crippen LogP contribution is 2.58. The van der Waals surface area contributed by atoms with Gasteiger partial charge in [-0.2, -0.15) is 0 Å². The molecule has 0 radical (unpaired) electrons. The van der Waals surface area contributed by atoms with E-state index < -0.39 is 5.60 Å². The van der Waals surface area contributed by atoms with E-state index in [1.807, 2.05) is 60.7 Å². The number of hydrogen-bond donors (Lipinski definition) is 0. The van der Waals surface area contributed by atoms with Gasteiger partial charge < -0.3 is 9.47 Å². The molecule has 0 aromatic heterocycles. The first-order valence-corrected chi connectivity index (χ1v) is 10.3. The zero-order chi connectivity index (χ0) is 20.6. The zero-order valence-corrected chi connectivity index (χ0v) is 16.5. The third kappa shape index (κ3) is 2.00. The summed E-state index contributed by atoms with van der Waals surface area (Å²) in [6.45, 7) is 0. The number of carbonyl (C=O) groups excluding carboxylic acids is 1. The van der Waals surface area contributed by atoms with Crippen LogP contribution in [0.4, 0.5) is 0 Å². The van der Waals surface area contributed by atoms with Crippen molar-refractivity contribution in [2.75, 3.05) is 0 Å². The SMILES string of the molecule is O=C1OC2(c3ccccc31)c1ccc3ccccc3c1Oc1c2ccc2ccccc12. The lowest BCUT2D eigenvalue weighted by molar-refractivity contribution is 0.0226. The summed E-state index contributed by atoms with van der Waals surface area (Å²) in [6.07, 6.45) is 0. The molecule has 31 heavy (non-hydrogen) atoms. The summed E-state index contributed by atoms with van der Waals surface area (Å²) in [5.74, 6) is 1.17. The first-order chi connectivity index (χ1) is 15.3. The van der Waals surface area contributed by atoms with Gasteiger partial charge >= 0.3 is 5.97 Å². The molecule has 0 fully saturated rings. The minimum absolute atomic E-state index is 0.310. The molecule has 0 aliphatic carbocycles. The molecule has 7 rings (SSSR count). The van der Waals surface area contributed by atoms with E-state index in [1.165, 1.54) is 0 Å². The van der Waals surface area contributed by atoms with Crippen molar-refractivity contribution in [2.24, 2.45) is 0 Å². The summed E-state index contributed by atoms with van der Waals surface area (Å²) in [7, 11) is 0. The zero-order valence-electron chi connectivity index (χ0n) is 16.5. The van der Waals surface area contributed by atoms with Crippen LogP contribution >= 0.6 is 0 Å². The minimum Gasteiger partial charge on any atom is -0.455 e. The average Bonchev–Trinajstić information content (AvgIpc) is 3.12. The second-order valence-corrected chi connectivity index (χ2v) is 8.05. The molecular weight excluding hydrogens is 384 g/mol. The van der Waals surface area contributed by atoms with Gasteiger partial charge in [-0.05, 0) is 29.0 Å². The quantitative estimate of drug-likeness (QED) is 0.276. The van der Waals surface area contributed by atoms with Gasteiger partial charge in [-0.1, -0.05) is 78.9 Å². The average molecular weight is 400 g/mol. The van der Waals surface area contributed by atoms with Gasteiger partial charge in [-0.25, -0.2) is 4.79 Å². The standard InChI is InChI=1S/C28H16O3/c29-27-21-11-5-6-12-22(21)28(31-27)23-15-13-17-7-1-3-9-19(17)25(23)30-26-20-10-4-2-8-18(20)14-16-24(26)28/h1-16H. The number of hydrogen-bond acceptors (Lipinski definition) is 3. The molecule has 2 aliphatic heterocycles. The number of benzene rings is 5. The van der Waals surface area contributed by atoms with Crippen LogP contribution in [-0.2, 0) is 10.3 Å². The van der Waals surface area contributed by atoms with Crippen molar-refractivity contribution in [3.63, 3.8) is 0 Å². The fourth-order valence-corrected chi connectivity index (χ4v) is 5.12. The Kier molecular flexibility index (Phi) is 3.08. The summed E-state index contributed by atoms with van der Waals surface area (Å²) in [4.78, 5) is 13.0. The predicted octanol–water partition coefficient (Wildman–Crippen LogP) is 6.56.